The number of fused-ring (bicyclic) bond motifs is 1. The van der Waals surface area contributed by atoms with Crippen molar-refractivity contribution in [1.29, 1.82) is 0 Å². The van der Waals surface area contributed by atoms with Gasteiger partial charge in [0, 0.05) is 18.3 Å². The van der Waals surface area contributed by atoms with E-state index < -0.39 is 5.97 Å². The first-order chi connectivity index (χ1) is 10.2. The van der Waals surface area contributed by atoms with E-state index in [1.165, 1.54) is 11.8 Å². The molecule has 0 bridgehead atoms. The second-order valence-electron chi connectivity index (χ2n) is 4.45. The number of hydrogen-bond donors (Lipinski definition) is 1. The largest absolute Gasteiger partial charge is 0.481 e. The summed E-state index contributed by atoms with van der Waals surface area (Å²) in [6, 6.07) is 7.86. The van der Waals surface area contributed by atoms with Crippen molar-refractivity contribution < 1.29 is 9.90 Å². The van der Waals surface area contributed by atoms with Crippen LogP contribution >= 0.6 is 23.1 Å². The summed E-state index contributed by atoms with van der Waals surface area (Å²) < 4.78 is 2.07. The van der Waals surface area contributed by atoms with E-state index in [1.807, 2.05) is 35.2 Å². The third-order valence-electron chi connectivity index (χ3n) is 3.02. The van der Waals surface area contributed by atoms with E-state index in [9.17, 15) is 4.79 Å². The number of thioether (sulfide) groups is 1. The lowest BCUT2D eigenvalue weighted by atomic mass is 10.3. The van der Waals surface area contributed by atoms with Gasteiger partial charge in [0.2, 0.25) is 0 Å². The summed E-state index contributed by atoms with van der Waals surface area (Å²) >= 11 is 2.83. The molecule has 0 aliphatic heterocycles. The van der Waals surface area contributed by atoms with Crippen molar-refractivity contribution in [3.05, 3.63) is 40.8 Å². The molecule has 2 heterocycles. The minimum Gasteiger partial charge on any atom is -0.481 e. The zero-order valence-corrected chi connectivity index (χ0v) is 12.7. The Hall–Kier alpha value is -1.86. The van der Waals surface area contributed by atoms with Gasteiger partial charge in [-0.15, -0.1) is 11.3 Å². The lowest BCUT2D eigenvalue weighted by Gasteiger charge is -2.07. The van der Waals surface area contributed by atoms with Gasteiger partial charge in [-0.2, -0.15) is 0 Å². The number of para-hydroxylation sites is 2. The van der Waals surface area contributed by atoms with Crippen LogP contribution < -0.4 is 0 Å². The molecule has 0 atom stereocenters. The maximum Gasteiger partial charge on any atom is 0.313 e. The van der Waals surface area contributed by atoms with Crippen molar-refractivity contribution in [2.45, 2.75) is 18.1 Å². The minimum atomic E-state index is -0.835. The normalized spacial score (nSPS) is 11.0. The molecule has 7 heteroatoms. The van der Waals surface area contributed by atoms with Crippen LogP contribution in [-0.2, 0) is 17.8 Å². The molecule has 3 rings (SSSR count). The maximum absolute atomic E-state index is 10.8. The van der Waals surface area contributed by atoms with Crippen LogP contribution in [0.1, 0.15) is 5.69 Å². The Kier molecular flexibility index (Phi) is 4.21. The third-order valence-corrected chi connectivity index (χ3v) is 4.62. The smallest absolute Gasteiger partial charge is 0.313 e. The molecule has 0 unspecified atom stereocenters. The number of aromatic nitrogens is 3. The topological polar surface area (TPSA) is 68.0 Å². The minimum absolute atomic E-state index is 0.0139. The number of hydrogen-bond acceptors (Lipinski definition) is 5. The lowest BCUT2D eigenvalue weighted by Crippen LogP contribution is -2.05. The fraction of sp³-hybridized carbons (Fsp3) is 0.214. The molecule has 0 saturated carbocycles. The van der Waals surface area contributed by atoms with Gasteiger partial charge in [0.1, 0.15) is 0 Å². The summed E-state index contributed by atoms with van der Waals surface area (Å²) in [4.78, 5) is 19.6. The Morgan fingerprint density at radius 1 is 1.38 bits per heavy atom. The van der Waals surface area contributed by atoms with E-state index >= 15 is 0 Å². The summed E-state index contributed by atoms with van der Waals surface area (Å²) in [5.41, 5.74) is 4.79. The average Bonchev–Trinajstić information content (AvgIpc) is 3.10. The van der Waals surface area contributed by atoms with E-state index in [1.54, 1.807) is 11.3 Å². The summed E-state index contributed by atoms with van der Waals surface area (Å²) in [6.07, 6.45) is 0.810. The number of aryl methyl sites for hydroxylation is 2. The Bertz CT molecular complexity index is 753. The van der Waals surface area contributed by atoms with Crippen LogP contribution in [-0.4, -0.2) is 31.4 Å². The number of aliphatic carboxylic acids is 1. The lowest BCUT2D eigenvalue weighted by molar-refractivity contribution is -0.133. The van der Waals surface area contributed by atoms with Crippen LogP contribution in [0, 0.1) is 0 Å². The molecular formula is C14H13N3O2S2. The number of benzene rings is 1. The van der Waals surface area contributed by atoms with Crippen molar-refractivity contribution in [3.63, 3.8) is 0 Å². The molecule has 1 N–H and O–H groups in total. The van der Waals surface area contributed by atoms with Gasteiger partial charge in [-0.25, -0.2) is 9.97 Å². The van der Waals surface area contributed by atoms with Crippen molar-refractivity contribution in [3.8, 4) is 0 Å². The predicted octanol–water partition coefficient (Wildman–Crippen LogP) is 2.91. The number of thiazole rings is 1. The molecule has 0 fully saturated rings. The Morgan fingerprint density at radius 3 is 3.00 bits per heavy atom. The monoisotopic (exact) mass is 319 g/mol. The van der Waals surface area contributed by atoms with Gasteiger partial charge in [0.25, 0.3) is 0 Å². The van der Waals surface area contributed by atoms with Crippen LogP contribution in [0.15, 0.2) is 40.3 Å². The summed E-state index contributed by atoms with van der Waals surface area (Å²) in [6.45, 7) is 0.742. The van der Waals surface area contributed by atoms with Crippen molar-refractivity contribution in [2.75, 3.05) is 5.75 Å². The number of rotatable bonds is 6. The highest BCUT2D eigenvalue weighted by atomic mass is 32.2. The van der Waals surface area contributed by atoms with Crippen molar-refractivity contribution in [2.24, 2.45) is 0 Å². The first kappa shape index (κ1) is 14.1. The van der Waals surface area contributed by atoms with Gasteiger partial charge in [0.05, 0.1) is 28.0 Å². The van der Waals surface area contributed by atoms with Gasteiger partial charge in [-0.3, -0.25) is 4.79 Å². The van der Waals surface area contributed by atoms with Gasteiger partial charge >= 0.3 is 5.97 Å². The van der Waals surface area contributed by atoms with E-state index in [2.05, 4.69) is 14.5 Å². The van der Waals surface area contributed by atoms with Crippen molar-refractivity contribution in [1.82, 2.24) is 14.5 Å². The van der Waals surface area contributed by atoms with E-state index in [0.29, 0.717) is 0 Å². The highest BCUT2D eigenvalue weighted by Crippen LogP contribution is 2.24. The highest BCUT2D eigenvalue weighted by molar-refractivity contribution is 7.99. The molecule has 2 aromatic heterocycles. The van der Waals surface area contributed by atoms with E-state index in [-0.39, 0.29) is 5.75 Å². The van der Waals surface area contributed by atoms with Crippen LogP contribution in [0.2, 0.25) is 0 Å². The van der Waals surface area contributed by atoms with Crippen LogP contribution in [0.4, 0.5) is 0 Å². The molecular weight excluding hydrogens is 306 g/mol. The first-order valence-corrected chi connectivity index (χ1v) is 8.34. The molecule has 21 heavy (non-hydrogen) atoms. The number of nitrogens with zero attached hydrogens (tertiary/aromatic N) is 3. The Balaban J connectivity index is 1.89. The standard InChI is InChI=1S/C14H13N3O2S2/c18-13(19)8-21-14-16-11-3-1-2-4-12(11)17(14)6-5-10-7-20-9-15-10/h1-4,7,9H,5-6,8H2,(H,18,19). The second kappa shape index (κ2) is 6.28. The molecule has 3 aromatic rings. The molecule has 0 spiro atoms. The van der Waals surface area contributed by atoms with E-state index in [0.717, 1.165) is 34.8 Å². The molecule has 1 aromatic carbocycles. The number of carboxylic acids is 1. The van der Waals surface area contributed by atoms with Crippen molar-refractivity contribution >= 4 is 40.1 Å². The molecule has 0 aliphatic rings. The number of imidazole rings is 1. The average molecular weight is 319 g/mol. The zero-order chi connectivity index (χ0) is 14.7. The number of carboxylic acid groups (broad SMARTS) is 1. The summed E-state index contributed by atoms with van der Waals surface area (Å²) in [5.74, 6) is -0.821. The molecule has 5 nitrogen and oxygen atoms in total. The predicted molar refractivity (Wildman–Crippen MR) is 83.9 cm³/mol. The second-order valence-corrected chi connectivity index (χ2v) is 6.11. The molecule has 0 saturated heterocycles. The Labute approximate surface area is 129 Å². The van der Waals surface area contributed by atoms with Crippen LogP contribution in [0.5, 0.6) is 0 Å². The maximum atomic E-state index is 10.8. The van der Waals surface area contributed by atoms with E-state index in [4.69, 9.17) is 5.11 Å². The Morgan fingerprint density at radius 2 is 2.24 bits per heavy atom. The SMILES string of the molecule is O=C(O)CSc1nc2ccccc2n1CCc1cscn1. The third kappa shape index (κ3) is 3.25. The summed E-state index contributed by atoms with van der Waals surface area (Å²) in [5, 5.41) is 11.6. The molecule has 0 amide bonds. The van der Waals surface area contributed by atoms with Gasteiger partial charge < -0.3 is 9.67 Å². The molecule has 0 aliphatic carbocycles. The molecule has 0 radical (unpaired) electrons. The summed E-state index contributed by atoms with van der Waals surface area (Å²) in [7, 11) is 0. The zero-order valence-electron chi connectivity index (χ0n) is 11.1. The van der Waals surface area contributed by atoms with Crippen LogP contribution in [0.3, 0.4) is 0 Å². The van der Waals surface area contributed by atoms with Crippen LogP contribution in [0.25, 0.3) is 11.0 Å². The van der Waals surface area contributed by atoms with Gasteiger partial charge in [-0.1, -0.05) is 23.9 Å². The fourth-order valence-electron chi connectivity index (χ4n) is 2.09. The quantitative estimate of drug-likeness (QED) is 0.708. The fourth-order valence-corrected chi connectivity index (χ4v) is 3.45. The molecule has 108 valence electrons. The first-order valence-electron chi connectivity index (χ1n) is 6.41. The highest BCUT2D eigenvalue weighted by Gasteiger charge is 2.12. The number of carbonyl (C=O) groups is 1. The van der Waals surface area contributed by atoms with Gasteiger partial charge in [-0.05, 0) is 12.1 Å². The van der Waals surface area contributed by atoms with Gasteiger partial charge in [0.15, 0.2) is 5.16 Å².